The Hall–Kier alpha value is -1.89. The highest BCUT2D eigenvalue weighted by Crippen LogP contribution is 2.17. The normalized spacial score (nSPS) is 11.1. The number of benzene rings is 1. The van der Waals surface area contributed by atoms with Crippen LogP contribution in [0.2, 0.25) is 0 Å². The van der Waals surface area contributed by atoms with Gasteiger partial charge < -0.3 is 10.2 Å². The molecule has 0 spiro atoms. The molecule has 6 nitrogen and oxygen atoms in total. The van der Waals surface area contributed by atoms with Crippen molar-refractivity contribution in [2.75, 3.05) is 25.9 Å². The predicted molar refractivity (Wildman–Crippen MR) is 89.0 cm³/mol. The van der Waals surface area contributed by atoms with E-state index in [1.807, 2.05) is 13.8 Å². The third-order valence-electron chi connectivity index (χ3n) is 3.20. The molecule has 0 bridgehead atoms. The van der Waals surface area contributed by atoms with Crippen molar-refractivity contribution in [2.45, 2.75) is 31.6 Å². The second kappa shape index (κ2) is 8.67. The maximum atomic E-state index is 12.7. The predicted octanol–water partition coefficient (Wildman–Crippen LogP) is 1.47. The first-order chi connectivity index (χ1) is 10.8. The third-order valence-corrected chi connectivity index (χ3v) is 4.36. The molecule has 0 aliphatic rings. The Kier molecular flexibility index (Phi) is 7.22. The zero-order chi connectivity index (χ0) is 17.5. The lowest BCUT2D eigenvalue weighted by molar-refractivity contribution is -0.121. The van der Waals surface area contributed by atoms with Gasteiger partial charge in [-0.1, -0.05) is 26.0 Å². The summed E-state index contributed by atoms with van der Waals surface area (Å²) in [6, 6.07) is 6.07. The van der Waals surface area contributed by atoms with Crippen molar-refractivity contribution < 1.29 is 18.0 Å². The van der Waals surface area contributed by atoms with E-state index < -0.39 is 15.7 Å². The summed E-state index contributed by atoms with van der Waals surface area (Å²) < 4.78 is 23.7. The quantitative estimate of drug-likeness (QED) is 0.777. The van der Waals surface area contributed by atoms with E-state index in [1.165, 1.54) is 17.0 Å². The Bertz CT molecular complexity index is 656. The number of hydrogen-bond donors (Lipinski definition) is 1. The number of rotatable bonds is 8. The van der Waals surface area contributed by atoms with Crippen molar-refractivity contribution in [1.82, 2.24) is 10.2 Å². The Morgan fingerprint density at radius 2 is 1.78 bits per heavy atom. The monoisotopic (exact) mass is 340 g/mol. The van der Waals surface area contributed by atoms with Gasteiger partial charge in [0.1, 0.15) is 0 Å². The van der Waals surface area contributed by atoms with Gasteiger partial charge in [0.25, 0.3) is 5.91 Å². The minimum Gasteiger partial charge on any atom is -0.355 e. The van der Waals surface area contributed by atoms with Gasteiger partial charge in [0.15, 0.2) is 9.84 Å². The summed E-state index contributed by atoms with van der Waals surface area (Å²) in [6.45, 7) is 4.69. The van der Waals surface area contributed by atoms with Crippen LogP contribution in [0.5, 0.6) is 0 Å². The summed E-state index contributed by atoms with van der Waals surface area (Å²) >= 11 is 0. The molecule has 0 radical (unpaired) electrons. The maximum absolute atomic E-state index is 12.7. The van der Waals surface area contributed by atoms with Gasteiger partial charge in [0, 0.05) is 19.3 Å². The first-order valence-corrected chi connectivity index (χ1v) is 9.55. The van der Waals surface area contributed by atoms with Crippen LogP contribution in [0, 0.1) is 0 Å². The molecule has 1 aromatic rings. The molecule has 0 heterocycles. The summed E-state index contributed by atoms with van der Waals surface area (Å²) in [5.41, 5.74) is 0.103. The van der Waals surface area contributed by atoms with Crippen LogP contribution in [-0.2, 0) is 14.6 Å². The second-order valence-corrected chi connectivity index (χ2v) is 7.33. The average molecular weight is 340 g/mol. The Labute approximate surface area is 137 Å². The molecule has 0 aromatic heterocycles. The van der Waals surface area contributed by atoms with Gasteiger partial charge in [0.05, 0.1) is 17.0 Å². The fourth-order valence-electron chi connectivity index (χ4n) is 2.15. The van der Waals surface area contributed by atoms with Crippen LogP contribution in [0.15, 0.2) is 29.2 Å². The lowest BCUT2D eigenvalue weighted by atomic mass is 10.2. The van der Waals surface area contributed by atoms with Gasteiger partial charge in [0.2, 0.25) is 5.91 Å². The summed E-state index contributed by atoms with van der Waals surface area (Å²) in [4.78, 5) is 25.9. The van der Waals surface area contributed by atoms with Crippen molar-refractivity contribution in [1.29, 1.82) is 0 Å². The number of nitrogens with one attached hydrogen (secondary N) is 1. The highest BCUT2D eigenvalue weighted by Gasteiger charge is 2.23. The summed E-state index contributed by atoms with van der Waals surface area (Å²) in [6.07, 6.45) is 2.55. The number of carbonyl (C=O) groups excluding carboxylic acids is 2. The van der Waals surface area contributed by atoms with E-state index in [1.54, 1.807) is 12.1 Å². The van der Waals surface area contributed by atoms with E-state index in [0.717, 1.165) is 12.7 Å². The van der Waals surface area contributed by atoms with Crippen molar-refractivity contribution in [3.8, 4) is 0 Å². The zero-order valence-electron chi connectivity index (χ0n) is 13.8. The fourth-order valence-corrected chi connectivity index (χ4v) is 3.03. The van der Waals surface area contributed by atoms with Crippen molar-refractivity contribution >= 4 is 21.7 Å². The summed E-state index contributed by atoms with van der Waals surface area (Å²) in [5.74, 6) is -0.690. The van der Waals surface area contributed by atoms with Crippen molar-refractivity contribution in [3.05, 3.63) is 29.8 Å². The molecular weight excluding hydrogens is 316 g/mol. The summed E-state index contributed by atoms with van der Waals surface area (Å²) in [5, 5.41) is 2.72. The Morgan fingerprint density at radius 3 is 2.35 bits per heavy atom. The smallest absolute Gasteiger partial charge is 0.255 e. The van der Waals surface area contributed by atoms with Gasteiger partial charge in [-0.3, -0.25) is 9.59 Å². The SMILES string of the molecule is CCCNC(=O)CN(CCC)C(=O)c1ccccc1S(C)(=O)=O. The van der Waals surface area contributed by atoms with E-state index >= 15 is 0 Å². The van der Waals surface area contributed by atoms with E-state index in [-0.39, 0.29) is 22.9 Å². The number of hydrogen-bond acceptors (Lipinski definition) is 4. The maximum Gasteiger partial charge on any atom is 0.255 e. The van der Waals surface area contributed by atoms with Gasteiger partial charge in [-0.05, 0) is 25.0 Å². The van der Waals surface area contributed by atoms with Crippen molar-refractivity contribution in [3.63, 3.8) is 0 Å². The van der Waals surface area contributed by atoms with Crippen LogP contribution in [0.1, 0.15) is 37.0 Å². The third kappa shape index (κ3) is 5.67. The van der Waals surface area contributed by atoms with Gasteiger partial charge in [-0.15, -0.1) is 0 Å². The summed E-state index contributed by atoms with van der Waals surface area (Å²) in [7, 11) is -3.52. The van der Waals surface area contributed by atoms with Gasteiger partial charge in [-0.2, -0.15) is 0 Å². The fraction of sp³-hybridized carbons (Fsp3) is 0.500. The average Bonchev–Trinajstić information content (AvgIpc) is 2.51. The standard InChI is InChI=1S/C16H24N2O4S/c1-4-10-17-15(19)12-18(11-5-2)16(20)13-8-6-7-9-14(13)23(3,21)22/h6-9H,4-5,10-12H2,1-3H3,(H,17,19). The first-order valence-electron chi connectivity index (χ1n) is 7.66. The molecule has 0 saturated carbocycles. The molecule has 1 rings (SSSR count). The number of carbonyl (C=O) groups is 2. The lowest BCUT2D eigenvalue weighted by Gasteiger charge is -2.22. The molecule has 7 heteroatoms. The number of amides is 2. The second-order valence-electron chi connectivity index (χ2n) is 5.34. The Morgan fingerprint density at radius 1 is 1.13 bits per heavy atom. The van der Waals surface area contributed by atoms with Crippen LogP contribution in [0.25, 0.3) is 0 Å². The van der Waals surface area contributed by atoms with E-state index in [0.29, 0.717) is 19.5 Å². The molecule has 0 unspecified atom stereocenters. The van der Waals surface area contributed by atoms with Crippen LogP contribution in [0.4, 0.5) is 0 Å². The molecule has 0 aliphatic heterocycles. The number of sulfone groups is 1. The van der Waals surface area contributed by atoms with Crippen LogP contribution < -0.4 is 5.32 Å². The van der Waals surface area contributed by atoms with Crippen LogP contribution in [-0.4, -0.2) is 51.0 Å². The highest BCUT2D eigenvalue weighted by molar-refractivity contribution is 7.90. The van der Waals surface area contributed by atoms with E-state index in [2.05, 4.69) is 5.32 Å². The molecule has 23 heavy (non-hydrogen) atoms. The van der Waals surface area contributed by atoms with Crippen LogP contribution in [0.3, 0.4) is 0 Å². The van der Waals surface area contributed by atoms with Crippen LogP contribution >= 0.6 is 0 Å². The molecule has 2 amide bonds. The molecule has 0 saturated heterocycles. The van der Waals surface area contributed by atoms with Gasteiger partial charge >= 0.3 is 0 Å². The zero-order valence-corrected chi connectivity index (χ0v) is 14.6. The Balaban J connectivity index is 3.05. The molecule has 1 N–H and O–H groups in total. The molecular formula is C16H24N2O4S. The molecule has 1 aromatic carbocycles. The molecule has 128 valence electrons. The molecule has 0 fully saturated rings. The number of nitrogens with zero attached hydrogens (tertiary/aromatic N) is 1. The topological polar surface area (TPSA) is 83.6 Å². The van der Waals surface area contributed by atoms with Gasteiger partial charge in [-0.25, -0.2) is 8.42 Å². The largest absolute Gasteiger partial charge is 0.355 e. The minimum absolute atomic E-state index is 0.0138. The highest BCUT2D eigenvalue weighted by atomic mass is 32.2. The van der Waals surface area contributed by atoms with E-state index in [9.17, 15) is 18.0 Å². The first kappa shape index (κ1) is 19.2. The van der Waals surface area contributed by atoms with Crippen molar-refractivity contribution in [2.24, 2.45) is 0 Å². The minimum atomic E-state index is -3.52. The lowest BCUT2D eigenvalue weighted by Crippen LogP contribution is -2.41. The van der Waals surface area contributed by atoms with E-state index in [4.69, 9.17) is 0 Å². The molecule has 0 aliphatic carbocycles. The molecule has 0 atom stereocenters.